The van der Waals surface area contributed by atoms with Gasteiger partial charge in [-0.2, -0.15) is 5.26 Å². The Balaban J connectivity index is 1.91. The minimum absolute atomic E-state index is 0.347. The molecular formula is C21H21FN2. The van der Waals surface area contributed by atoms with Gasteiger partial charge in [0.05, 0.1) is 11.6 Å². The van der Waals surface area contributed by atoms with Crippen LogP contribution in [0.25, 0.3) is 11.6 Å². The molecule has 1 aliphatic heterocycles. The van der Waals surface area contributed by atoms with Gasteiger partial charge in [-0.15, -0.1) is 0 Å². The molecular weight excluding hydrogens is 299 g/mol. The first-order valence-electron chi connectivity index (χ1n) is 8.41. The fourth-order valence-corrected chi connectivity index (χ4v) is 3.18. The van der Waals surface area contributed by atoms with E-state index in [0.29, 0.717) is 11.1 Å². The van der Waals surface area contributed by atoms with Crippen molar-refractivity contribution in [3.8, 4) is 6.07 Å². The topological polar surface area (TPSA) is 27.0 Å². The van der Waals surface area contributed by atoms with Gasteiger partial charge in [0.1, 0.15) is 5.82 Å². The van der Waals surface area contributed by atoms with Crippen LogP contribution in [0.3, 0.4) is 0 Å². The molecule has 0 radical (unpaired) electrons. The van der Waals surface area contributed by atoms with E-state index in [4.69, 9.17) is 0 Å². The smallest absolute Gasteiger partial charge is 0.131 e. The van der Waals surface area contributed by atoms with E-state index in [1.54, 1.807) is 24.3 Å². The van der Waals surface area contributed by atoms with E-state index in [1.165, 1.54) is 31.0 Å². The van der Waals surface area contributed by atoms with Crippen molar-refractivity contribution in [3.63, 3.8) is 0 Å². The number of halogens is 1. The zero-order valence-corrected chi connectivity index (χ0v) is 13.9. The lowest BCUT2D eigenvalue weighted by Gasteiger charge is -2.29. The molecule has 0 spiro atoms. The summed E-state index contributed by atoms with van der Waals surface area (Å²) in [7, 11) is 0. The molecule has 2 aromatic carbocycles. The van der Waals surface area contributed by atoms with E-state index in [1.807, 2.05) is 13.0 Å². The number of piperidine rings is 1. The van der Waals surface area contributed by atoms with Gasteiger partial charge in [0.25, 0.3) is 0 Å². The van der Waals surface area contributed by atoms with Crippen molar-refractivity contribution in [1.82, 2.24) is 0 Å². The monoisotopic (exact) mass is 320 g/mol. The summed E-state index contributed by atoms with van der Waals surface area (Å²) < 4.78 is 13.9. The molecule has 0 bridgehead atoms. The molecule has 1 fully saturated rings. The van der Waals surface area contributed by atoms with E-state index in [2.05, 4.69) is 23.1 Å². The highest BCUT2D eigenvalue weighted by molar-refractivity contribution is 5.90. The largest absolute Gasteiger partial charge is 0.372 e. The van der Waals surface area contributed by atoms with Crippen LogP contribution < -0.4 is 4.90 Å². The highest BCUT2D eigenvalue weighted by atomic mass is 19.1. The number of rotatable bonds is 3. The first kappa shape index (κ1) is 16.3. The Labute approximate surface area is 142 Å². The zero-order valence-electron chi connectivity index (χ0n) is 13.9. The molecule has 2 aromatic rings. The van der Waals surface area contributed by atoms with Crippen molar-refractivity contribution in [2.24, 2.45) is 0 Å². The van der Waals surface area contributed by atoms with E-state index >= 15 is 0 Å². The standard InChI is InChI=1S/C21H21FN2/c1-16-13-19(24-11-5-2-6-12-24)10-9-17(16)14-18(15-23)20-7-3-4-8-21(20)22/h3-4,7-10,13-14H,2,5-6,11-12H2,1H3. The summed E-state index contributed by atoms with van der Waals surface area (Å²) in [6.07, 6.45) is 5.57. The first-order valence-corrected chi connectivity index (χ1v) is 8.41. The maximum Gasteiger partial charge on any atom is 0.131 e. The second-order valence-electron chi connectivity index (χ2n) is 6.24. The van der Waals surface area contributed by atoms with Crippen LogP contribution >= 0.6 is 0 Å². The highest BCUT2D eigenvalue weighted by Crippen LogP contribution is 2.26. The molecule has 2 nitrogen and oxygen atoms in total. The van der Waals surface area contributed by atoms with Crippen LogP contribution in [0.1, 0.15) is 36.0 Å². The van der Waals surface area contributed by atoms with Crippen molar-refractivity contribution >= 4 is 17.3 Å². The molecule has 1 saturated heterocycles. The van der Waals surface area contributed by atoms with Crippen LogP contribution in [0.15, 0.2) is 42.5 Å². The van der Waals surface area contributed by atoms with E-state index in [9.17, 15) is 9.65 Å². The molecule has 0 unspecified atom stereocenters. The Kier molecular flexibility index (Phi) is 4.96. The Hall–Kier alpha value is -2.60. The number of allylic oxidation sites excluding steroid dienone is 1. The van der Waals surface area contributed by atoms with Crippen LogP contribution in [0.2, 0.25) is 0 Å². The Morgan fingerprint density at radius 3 is 2.54 bits per heavy atom. The maximum atomic E-state index is 13.9. The lowest BCUT2D eigenvalue weighted by Crippen LogP contribution is -2.29. The molecule has 0 N–H and O–H groups in total. The molecule has 0 aliphatic carbocycles. The normalized spacial score (nSPS) is 15.2. The third-order valence-electron chi connectivity index (χ3n) is 4.56. The number of nitriles is 1. The Morgan fingerprint density at radius 2 is 1.88 bits per heavy atom. The first-order chi connectivity index (χ1) is 11.7. The summed E-state index contributed by atoms with van der Waals surface area (Å²) in [5.74, 6) is -0.368. The molecule has 1 heterocycles. The molecule has 3 rings (SSSR count). The predicted octanol–water partition coefficient (Wildman–Crippen LogP) is 5.19. The minimum atomic E-state index is -0.368. The van der Waals surface area contributed by atoms with Crippen molar-refractivity contribution in [1.29, 1.82) is 5.26 Å². The molecule has 1 aliphatic rings. The summed E-state index contributed by atoms with van der Waals surface area (Å²) in [5, 5.41) is 9.42. The zero-order chi connectivity index (χ0) is 16.9. The molecule has 24 heavy (non-hydrogen) atoms. The molecule has 0 atom stereocenters. The lowest BCUT2D eigenvalue weighted by atomic mass is 10.00. The number of nitrogens with zero attached hydrogens (tertiary/aromatic N) is 2. The quantitative estimate of drug-likeness (QED) is 0.575. The second-order valence-corrected chi connectivity index (χ2v) is 6.24. The summed E-state index contributed by atoms with van der Waals surface area (Å²) in [4.78, 5) is 2.41. The van der Waals surface area contributed by atoms with E-state index in [-0.39, 0.29) is 5.82 Å². The Bertz CT molecular complexity index is 796. The number of benzene rings is 2. The average Bonchev–Trinajstić information content (AvgIpc) is 2.62. The average molecular weight is 320 g/mol. The van der Waals surface area contributed by atoms with Crippen LogP contribution in [0.4, 0.5) is 10.1 Å². The summed E-state index contributed by atoms with van der Waals surface area (Å²) in [6, 6.07) is 14.8. The summed E-state index contributed by atoms with van der Waals surface area (Å²) >= 11 is 0. The van der Waals surface area contributed by atoms with Crippen molar-refractivity contribution < 1.29 is 4.39 Å². The SMILES string of the molecule is Cc1cc(N2CCCCC2)ccc1C=C(C#N)c1ccccc1F. The maximum absolute atomic E-state index is 13.9. The third-order valence-corrected chi connectivity index (χ3v) is 4.56. The Morgan fingerprint density at radius 1 is 1.12 bits per heavy atom. The van der Waals surface area contributed by atoms with Gasteiger partial charge < -0.3 is 4.90 Å². The van der Waals surface area contributed by atoms with Gasteiger partial charge in [-0.3, -0.25) is 0 Å². The van der Waals surface area contributed by atoms with Crippen molar-refractivity contribution in [2.75, 3.05) is 18.0 Å². The summed E-state index contributed by atoms with van der Waals surface area (Å²) in [5.41, 5.74) is 3.98. The molecule has 0 aromatic heterocycles. The molecule has 3 heteroatoms. The highest BCUT2D eigenvalue weighted by Gasteiger charge is 2.12. The van der Waals surface area contributed by atoms with Gasteiger partial charge in [-0.1, -0.05) is 24.3 Å². The van der Waals surface area contributed by atoms with Crippen LogP contribution in [0.5, 0.6) is 0 Å². The lowest BCUT2D eigenvalue weighted by molar-refractivity contribution is 0.578. The predicted molar refractivity (Wildman–Crippen MR) is 97.1 cm³/mol. The van der Waals surface area contributed by atoms with Gasteiger partial charge >= 0.3 is 0 Å². The van der Waals surface area contributed by atoms with Gasteiger partial charge in [-0.05, 0) is 61.6 Å². The van der Waals surface area contributed by atoms with Gasteiger partial charge in [-0.25, -0.2) is 4.39 Å². The third kappa shape index (κ3) is 3.49. The fourth-order valence-electron chi connectivity index (χ4n) is 3.18. The van der Waals surface area contributed by atoms with E-state index in [0.717, 1.165) is 24.2 Å². The number of hydrogen-bond donors (Lipinski definition) is 0. The fraction of sp³-hybridized carbons (Fsp3) is 0.286. The number of hydrogen-bond acceptors (Lipinski definition) is 2. The van der Waals surface area contributed by atoms with Crippen LogP contribution in [0, 0.1) is 24.1 Å². The van der Waals surface area contributed by atoms with E-state index < -0.39 is 0 Å². The minimum Gasteiger partial charge on any atom is -0.372 e. The van der Waals surface area contributed by atoms with Crippen LogP contribution in [-0.2, 0) is 0 Å². The second kappa shape index (κ2) is 7.31. The van der Waals surface area contributed by atoms with Gasteiger partial charge in [0, 0.05) is 24.3 Å². The van der Waals surface area contributed by atoms with Gasteiger partial charge in [0.2, 0.25) is 0 Å². The van der Waals surface area contributed by atoms with Crippen molar-refractivity contribution in [3.05, 3.63) is 65.0 Å². The molecule has 0 saturated carbocycles. The number of aryl methyl sites for hydroxylation is 1. The summed E-state index contributed by atoms with van der Waals surface area (Å²) in [6.45, 7) is 4.25. The van der Waals surface area contributed by atoms with Gasteiger partial charge in [0.15, 0.2) is 0 Å². The van der Waals surface area contributed by atoms with Crippen LogP contribution in [-0.4, -0.2) is 13.1 Å². The number of anilines is 1. The molecule has 122 valence electrons. The molecule has 0 amide bonds. The van der Waals surface area contributed by atoms with Crippen molar-refractivity contribution in [2.45, 2.75) is 26.2 Å².